The number of carbonyl (C=O) groups is 3. The van der Waals surface area contributed by atoms with Gasteiger partial charge in [0.25, 0.3) is 17.6 Å². The van der Waals surface area contributed by atoms with Gasteiger partial charge in [-0.2, -0.15) is 0 Å². The average molecular weight is 435 g/mol. The number of aromatic nitrogens is 1. The minimum absolute atomic E-state index is 0.0336. The number of piperazine rings is 1. The molecule has 3 aromatic rings. The molecule has 0 bridgehead atoms. The SMILES string of the molecule is CC(C)C[C@H]1CN(C(=O)C(=O)c2c[nH]c3cccc(F)c23)CCN1C(=O)c1ccccc1. The molecule has 2 heterocycles. The maximum Gasteiger partial charge on any atom is 0.295 e. The normalized spacial score (nSPS) is 16.6. The third-order valence-corrected chi connectivity index (χ3v) is 5.89. The number of aromatic amines is 1. The molecule has 6 nitrogen and oxygen atoms in total. The summed E-state index contributed by atoms with van der Waals surface area (Å²) < 4.78 is 14.3. The van der Waals surface area contributed by atoms with Crippen LogP contribution in [0.2, 0.25) is 0 Å². The molecular weight excluding hydrogens is 409 g/mol. The van der Waals surface area contributed by atoms with Crippen molar-refractivity contribution in [3.05, 3.63) is 71.7 Å². The summed E-state index contributed by atoms with van der Waals surface area (Å²) in [5.41, 5.74) is 1.11. The number of ketones is 1. The summed E-state index contributed by atoms with van der Waals surface area (Å²) in [6.07, 6.45) is 2.09. The van der Waals surface area contributed by atoms with Crippen LogP contribution in [0.1, 0.15) is 41.0 Å². The number of rotatable bonds is 5. The highest BCUT2D eigenvalue weighted by Crippen LogP contribution is 2.24. The lowest BCUT2D eigenvalue weighted by Crippen LogP contribution is -2.57. The molecule has 7 heteroatoms. The van der Waals surface area contributed by atoms with Gasteiger partial charge in [0.1, 0.15) is 5.82 Å². The van der Waals surface area contributed by atoms with E-state index in [0.717, 1.165) is 0 Å². The van der Waals surface area contributed by atoms with Gasteiger partial charge < -0.3 is 14.8 Å². The van der Waals surface area contributed by atoms with Crippen LogP contribution in [0.15, 0.2) is 54.7 Å². The number of benzene rings is 2. The first kappa shape index (κ1) is 21.7. The quantitative estimate of drug-likeness (QED) is 0.488. The van der Waals surface area contributed by atoms with Gasteiger partial charge in [0.2, 0.25) is 0 Å². The lowest BCUT2D eigenvalue weighted by Gasteiger charge is -2.42. The Morgan fingerprint density at radius 1 is 1.06 bits per heavy atom. The zero-order chi connectivity index (χ0) is 22.8. The predicted octanol–water partition coefficient (Wildman–Crippen LogP) is 3.89. The molecule has 1 aromatic heterocycles. The zero-order valence-corrected chi connectivity index (χ0v) is 18.2. The lowest BCUT2D eigenvalue weighted by atomic mass is 9.98. The van der Waals surface area contributed by atoms with Crippen LogP contribution < -0.4 is 0 Å². The number of nitrogens with one attached hydrogen (secondary N) is 1. The van der Waals surface area contributed by atoms with E-state index >= 15 is 0 Å². The van der Waals surface area contributed by atoms with Gasteiger partial charge in [0, 0.05) is 48.3 Å². The van der Waals surface area contributed by atoms with Crippen LogP contribution in [0.4, 0.5) is 4.39 Å². The second-order valence-corrected chi connectivity index (χ2v) is 8.59. The highest BCUT2D eigenvalue weighted by atomic mass is 19.1. The van der Waals surface area contributed by atoms with E-state index in [2.05, 4.69) is 18.8 Å². The fraction of sp³-hybridized carbons (Fsp3) is 0.320. The molecule has 166 valence electrons. The van der Waals surface area contributed by atoms with Gasteiger partial charge in [0.05, 0.1) is 5.56 Å². The Bertz CT molecular complexity index is 1160. The van der Waals surface area contributed by atoms with Crippen molar-refractivity contribution < 1.29 is 18.8 Å². The summed E-state index contributed by atoms with van der Waals surface area (Å²) in [5, 5.41) is 0.127. The molecule has 1 N–H and O–H groups in total. The fourth-order valence-electron chi connectivity index (χ4n) is 4.38. The topological polar surface area (TPSA) is 73.5 Å². The molecule has 1 aliphatic heterocycles. The first-order valence-electron chi connectivity index (χ1n) is 10.8. The summed E-state index contributed by atoms with van der Waals surface area (Å²) in [5.74, 6) is -1.73. The van der Waals surface area contributed by atoms with Crippen molar-refractivity contribution in [2.45, 2.75) is 26.3 Å². The monoisotopic (exact) mass is 435 g/mol. The van der Waals surface area contributed by atoms with E-state index in [-0.39, 0.29) is 36.0 Å². The smallest absolute Gasteiger partial charge is 0.295 e. The second-order valence-electron chi connectivity index (χ2n) is 8.59. The van der Waals surface area contributed by atoms with Crippen molar-refractivity contribution in [3.63, 3.8) is 0 Å². The lowest BCUT2D eigenvalue weighted by molar-refractivity contribution is -0.129. The van der Waals surface area contributed by atoms with Gasteiger partial charge >= 0.3 is 0 Å². The van der Waals surface area contributed by atoms with Crippen LogP contribution >= 0.6 is 0 Å². The maximum absolute atomic E-state index is 14.3. The number of fused-ring (bicyclic) bond motifs is 1. The number of nitrogens with zero attached hydrogens (tertiary/aromatic N) is 2. The van der Waals surface area contributed by atoms with E-state index in [4.69, 9.17) is 0 Å². The standard InChI is InChI=1S/C25H26FN3O3/c1-16(2)13-18-15-28(11-12-29(18)24(31)17-7-4-3-5-8-17)25(32)23(30)19-14-27-21-10-6-9-20(26)22(19)21/h3-10,14,16,18,27H,11-13,15H2,1-2H3/t18-/m0/s1. The highest BCUT2D eigenvalue weighted by Gasteiger charge is 2.36. The third-order valence-electron chi connectivity index (χ3n) is 5.89. The van der Waals surface area contributed by atoms with Gasteiger partial charge in [-0.3, -0.25) is 14.4 Å². The number of carbonyl (C=O) groups excluding carboxylic acids is 3. The summed E-state index contributed by atoms with van der Waals surface area (Å²) in [7, 11) is 0. The largest absolute Gasteiger partial charge is 0.360 e. The van der Waals surface area contributed by atoms with E-state index in [9.17, 15) is 18.8 Å². The van der Waals surface area contributed by atoms with Crippen molar-refractivity contribution in [2.75, 3.05) is 19.6 Å². The van der Waals surface area contributed by atoms with Gasteiger partial charge in [-0.15, -0.1) is 0 Å². The summed E-state index contributed by atoms with van der Waals surface area (Å²) in [6.45, 7) is 4.98. The predicted molar refractivity (Wildman–Crippen MR) is 120 cm³/mol. The molecule has 0 radical (unpaired) electrons. The fourth-order valence-corrected chi connectivity index (χ4v) is 4.38. The molecular formula is C25H26FN3O3. The van der Waals surface area contributed by atoms with Crippen molar-refractivity contribution in [3.8, 4) is 0 Å². The molecule has 1 atom stereocenters. The van der Waals surface area contributed by atoms with Crippen LogP contribution in [-0.4, -0.2) is 58.1 Å². The first-order chi connectivity index (χ1) is 15.4. The molecule has 1 saturated heterocycles. The van der Waals surface area contributed by atoms with Crippen LogP contribution in [0, 0.1) is 11.7 Å². The van der Waals surface area contributed by atoms with E-state index in [1.165, 1.54) is 17.2 Å². The summed E-state index contributed by atoms with van der Waals surface area (Å²) in [4.78, 5) is 45.3. The number of amides is 2. The Labute approximate surface area is 186 Å². The number of H-pyrrole nitrogens is 1. The second kappa shape index (κ2) is 8.94. The summed E-state index contributed by atoms with van der Waals surface area (Å²) >= 11 is 0. The first-order valence-corrected chi connectivity index (χ1v) is 10.8. The van der Waals surface area contributed by atoms with Crippen molar-refractivity contribution in [2.24, 2.45) is 5.92 Å². The minimum atomic E-state index is -0.743. The molecule has 2 aromatic carbocycles. The van der Waals surface area contributed by atoms with Gasteiger partial charge in [-0.1, -0.05) is 38.1 Å². The molecule has 2 amide bonds. The number of hydrogen-bond acceptors (Lipinski definition) is 3. The molecule has 0 unspecified atom stereocenters. The van der Waals surface area contributed by atoms with Crippen molar-refractivity contribution >= 4 is 28.5 Å². The molecule has 4 rings (SSSR count). The average Bonchev–Trinajstić information content (AvgIpc) is 3.23. The molecule has 1 aliphatic rings. The van der Waals surface area contributed by atoms with E-state index in [1.54, 1.807) is 29.2 Å². The van der Waals surface area contributed by atoms with Gasteiger partial charge in [-0.25, -0.2) is 4.39 Å². The Morgan fingerprint density at radius 3 is 2.53 bits per heavy atom. The Kier molecular flexibility index (Phi) is 6.08. The van der Waals surface area contributed by atoms with E-state index in [0.29, 0.717) is 30.0 Å². The van der Waals surface area contributed by atoms with Gasteiger partial charge in [-0.05, 0) is 36.6 Å². The summed E-state index contributed by atoms with van der Waals surface area (Å²) in [6, 6.07) is 13.3. The van der Waals surface area contributed by atoms with Crippen LogP contribution in [0.3, 0.4) is 0 Å². The number of hydrogen-bond donors (Lipinski definition) is 1. The molecule has 0 aliphatic carbocycles. The molecule has 32 heavy (non-hydrogen) atoms. The van der Waals surface area contributed by atoms with Crippen LogP contribution in [0.25, 0.3) is 10.9 Å². The van der Waals surface area contributed by atoms with Gasteiger partial charge in [0.15, 0.2) is 0 Å². The van der Waals surface area contributed by atoms with Crippen molar-refractivity contribution in [1.82, 2.24) is 14.8 Å². The molecule has 0 spiro atoms. The molecule has 1 fully saturated rings. The zero-order valence-electron chi connectivity index (χ0n) is 18.2. The van der Waals surface area contributed by atoms with Crippen LogP contribution in [0.5, 0.6) is 0 Å². The van der Waals surface area contributed by atoms with Crippen molar-refractivity contribution in [1.29, 1.82) is 0 Å². The Hall–Kier alpha value is -3.48. The Balaban J connectivity index is 1.55. The molecule has 0 saturated carbocycles. The highest BCUT2D eigenvalue weighted by molar-refractivity contribution is 6.44. The maximum atomic E-state index is 14.3. The van der Waals surface area contributed by atoms with E-state index < -0.39 is 17.5 Å². The van der Waals surface area contributed by atoms with Crippen LogP contribution in [-0.2, 0) is 4.79 Å². The Morgan fingerprint density at radius 2 is 1.81 bits per heavy atom. The minimum Gasteiger partial charge on any atom is -0.360 e. The van der Waals surface area contributed by atoms with E-state index in [1.807, 2.05) is 18.2 Å². The third kappa shape index (κ3) is 4.15. The number of Topliss-reactive ketones (excluding diaryl/α,β-unsaturated/α-hetero) is 1. The number of halogens is 1.